The average molecular weight is 463 g/mol. The first-order valence-electron chi connectivity index (χ1n) is 11.0. The number of rotatable bonds is 8. The number of ether oxygens (including phenoxy) is 1. The van der Waals surface area contributed by atoms with Gasteiger partial charge in [0.1, 0.15) is 6.61 Å². The van der Waals surface area contributed by atoms with Gasteiger partial charge in [-0.25, -0.2) is 4.79 Å². The Kier molecular flexibility index (Phi) is 6.62. The van der Waals surface area contributed by atoms with Crippen LogP contribution < -0.4 is 10.6 Å². The summed E-state index contributed by atoms with van der Waals surface area (Å²) in [4.78, 5) is 36.0. The molecule has 1 unspecified atom stereocenters. The van der Waals surface area contributed by atoms with Crippen LogP contribution in [0.5, 0.6) is 0 Å². The predicted molar refractivity (Wildman–Crippen MR) is 126 cm³/mol. The Morgan fingerprint density at radius 2 is 1.71 bits per heavy atom. The van der Waals surface area contributed by atoms with Gasteiger partial charge < -0.3 is 15.2 Å². The smallest absolute Gasteiger partial charge is 0.411 e. The van der Waals surface area contributed by atoms with E-state index in [1.54, 1.807) is 14.0 Å². The van der Waals surface area contributed by atoms with Crippen LogP contribution in [0.15, 0.2) is 54.7 Å². The number of carboxylic acids is 1. The maximum absolute atomic E-state index is 12.6. The minimum absolute atomic E-state index is 0.0261. The molecule has 1 aromatic heterocycles. The highest BCUT2D eigenvalue weighted by molar-refractivity contribution is 6.01. The molecule has 0 aliphatic heterocycles. The predicted octanol–water partition coefficient (Wildman–Crippen LogP) is 3.76. The van der Waals surface area contributed by atoms with Crippen LogP contribution in [0.25, 0.3) is 11.1 Å². The number of nitrogens with one attached hydrogen (secondary N) is 2. The second-order valence-electron chi connectivity index (χ2n) is 8.32. The molecule has 1 heterocycles. The summed E-state index contributed by atoms with van der Waals surface area (Å²) in [6.07, 6.45) is 1.04. The van der Waals surface area contributed by atoms with Crippen molar-refractivity contribution in [2.45, 2.75) is 31.7 Å². The number of carbonyl (C=O) groups is 3. The molecule has 9 nitrogen and oxygen atoms in total. The van der Waals surface area contributed by atoms with E-state index in [0.717, 1.165) is 22.3 Å². The van der Waals surface area contributed by atoms with Crippen molar-refractivity contribution in [2.24, 2.45) is 7.05 Å². The highest BCUT2D eigenvalue weighted by atomic mass is 16.5. The van der Waals surface area contributed by atoms with Gasteiger partial charge in [0.25, 0.3) is 5.91 Å². The number of hydrogen-bond donors (Lipinski definition) is 3. The fraction of sp³-hybridized carbons (Fsp3) is 0.280. The molecule has 3 N–H and O–H groups in total. The molecule has 0 radical (unpaired) electrons. The van der Waals surface area contributed by atoms with E-state index in [-0.39, 0.29) is 42.8 Å². The number of aliphatic carboxylic acids is 1. The first-order valence-corrected chi connectivity index (χ1v) is 11.0. The highest BCUT2D eigenvalue weighted by Crippen LogP contribution is 2.44. The van der Waals surface area contributed by atoms with E-state index >= 15 is 0 Å². The number of benzene rings is 2. The quantitative estimate of drug-likeness (QED) is 0.468. The Bertz CT molecular complexity index is 1190. The molecule has 176 valence electrons. The molecule has 0 bridgehead atoms. The highest BCUT2D eigenvalue weighted by Gasteiger charge is 2.29. The molecule has 34 heavy (non-hydrogen) atoms. The van der Waals surface area contributed by atoms with E-state index in [0.29, 0.717) is 0 Å². The van der Waals surface area contributed by atoms with Crippen molar-refractivity contribution in [1.29, 1.82) is 0 Å². The summed E-state index contributed by atoms with van der Waals surface area (Å²) in [6, 6.07) is 15.7. The van der Waals surface area contributed by atoms with Gasteiger partial charge in [0.15, 0.2) is 5.69 Å². The number of carboxylic acid groups (broad SMARTS) is 1. The van der Waals surface area contributed by atoms with Crippen LogP contribution in [0.3, 0.4) is 0 Å². The molecule has 1 aliphatic rings. The topological polar surface area (TPSA) is 123 Å². The maximum atomic E-state index is 12.6. The lowest BCUT2D eigenvalue weighted by Gasteiger charge is -2.15. The zero-order valence-electron chi connectivity index (χ0n) is 18.9. The van der Waals surface area contributed by atoms with E-state index in [1.165, 1.54) is 10.9 Å². The Morgan fingerprint density at radius 1 is 1.09 bits per heavy atom. The zero-order chi connectivity index (χ0) is 24.2. The summed E-state index contributed by atoms with van der Waals surface area (Å²) >= 11 is 0. The third-order valence-corrected chi connectivity index (χ3v) is 5.79. The molecule has 0 saturated carbocycles. The van der Waals surface area contributed by atoms with Gasteiger partial charge in [0.05, 0.1) is 5.69 Å². The summed E-state index contributed by atoms with van der Waals surface area (Å²) in [5, 5.41) is 18.3. The first kappa shape index (κ1) is 23.0. The van der Waals surface area contributed by atoms with Crippen LogP contribution in [-0.2, 0) is 16.6 Å². The monoisotopic (exact) mass is 462 g/mol. The van der Waals surface area contributed by atoms with Crippen LogP contribution in [0.2, 0.25) is 0 Å². The van der Waals surface area contributed by atoms with Crippen molar-refractivity contribution in [3.05, 3.63) is 71.5 Å². The molecule has 4 rings (SSSR count). The summed E-state index contributed by atoms with van der Waals surface area (Å²) in [5.41, 5.74) is 4.72. The van der Waals surface area contributed by atoms with Crippen molar-refractivity contribution >= 4 is 23.7 Å². The lowest BCUT2D eigenvalue weighted by molar-refractivity contribution is -0.137. The van der Waals surface area contributed by atoms with E-state index in [9.17, 15) is 14.4 Å². The number of amides is 2. The fourth-order valence-corrected chi connectivity index (χ4v) is 4.20. The number of aromatic nitrogens is 2. The van der Waals surface area contributed by atoms with Crippen LogP contribution in [0.4, 0.5) is 10.5 Å². The molecule has 0 saturated heterocycles. The largest absolute Gasteiger partial charge is 0.481 e. The van der Waals surface area contributed by atoms with Crippen molar-refractivity contribution < 1.29 is 24.2 Å². The normalized spacial score (nSPS) is 13.0. The number of hydrogen-bond acceptors (Lipinski definition) is 5. The number of aryl methyl sites for hydroxylation is 1. The first-order chi connectivity index (χ1) is 16.3. The molecular formula is C25H26N4O5. The van der Waals surface area contributed by atoms with Gasteiger partial charge in [0, 0.05) is 31.6 Å². The van der Waals surface area contributed by atoms with Gasteiger partial charge >= 0.3 is 12.1 Å². The molecule has 0 spiro atoms. The summed E-state index contributed by atoms with van der Waals surface area (Å²) in [5.74, 6) is -1.52. The summed E-state index contributed by atoms with van der Waals surface area (Å²) < 4.78 is 6.96. The Balaban J connectivity index is 1.41. The van der Waals surface area contributed by atoms with Gasteiger partial charge in [-0.15, -0.1) is 0 Å². The standard InChI is InChI=1S/C25H26N4O5/c1-15(11-12-22(30)31)26-24(32)23-21(13-29(2)28-23)27-25(33)34-14-20-18-9-5-3-7-16(18)17-8-4-6-10-19(17)20/h3-10,13,15,20H,11-12,14H2,1-2H3,(H,26,32)(H,27,33)(H,30,31). The van der Waals surface area contributed by atoms with Crippen molar-refractivity contribution in [3.8, 4) is 11.1 Å². The molecule has 2 amide bonds. The Morgan fingerprint density at radius 3 is 2.32 bits per heavy atom. The molecule has 1 atom stereocenters. The number of nitrogens with zero attached hydrogens (tertiary/aromatic N) is 2. The third-order valence-electron chi connectivity index (χ3n) is 5.79. The average Bonchev–Trinajstić information content (AvgIpc) is 3.33. The minimum atomic E-state index is -0.934. The van der Waals surface area contributed by atoms with Crippen molar-refractivity contribution in [2.75, 3.05) is 11.9 Å². The van der Waals surface area contributed by atoms with Crippen LogP contribution in [-0.4, -0.2) is 45.5 Å². The second kappa shape index (κ2) is 9.78. The summed E-state index contributed by atoms with van der Waals surface area (Å²) in [6.45, 7) is 1.86. The van der Waals surface area contributed by atoms with Crippen molar-refractivity contribution in [3.63, 3.8) is 0 Å². The van der Waals surface area contributed by atoms with E-state index in [1.807, 2.05) is 36.4 Å². The van der Waals surface area contributed by atoms with E-state index in [2.05, 4.69) is 27.9 Å². The summed E-state index contributed by atoms with van der Waals surface area (Å²) in [7, 11) is 1.63. The minimum Gasteiger partial charge on any atom is -0.481 e. The lowest BCUT2D eigenvalue weighted by atomic mass is 9.98. The molecule has 9 heteroatoms. The van der Waals surface area contributed by atoms with Gasteiger partial charge in [-0.05, 0) is 35.6 Å². The molecule has 1 aliphatic carbocycles. The molecule has 2 aromatic carbocycles. The lowest BCUT2D eigenvalue weighted by Crippen LogP contribution is -2.34. The zero-order valence-corrected chi connectivity index (χ0v) is 18.9. The number of anilines is 1. The second-order valence-corrected chi connectivity index (χ2v) is 8.32. The Labute approximate surface area is 196 Å². The fourth-order valence-electron chi connectivity index (χ4n) is 4.20. The van der Waals surface area contributed by atoms with Gasteiger partial charge in [0.2, 0.25) is 0 Å². The van der Waals surface area contributed by atoms with Gasteiger partial charge in [-0.3, -0.25) is 19.6 Å². The Hall–Kier alpha value is -4.14. The molecule has 0 fully saturated rings. The van der Waals surface area contributed by atoms with E-state index < -0.39 is 18.0 Å². The third kappa shape index (κ3) is 4.93. The van der Waals surface area contributed by atoms with Gasteiger partial charge in [-0.1, -0.05) is 48.5 Å². The number of fused-ring (bicyclic) bond motifs is 3. The SMILES string of the molecule is CC(CCC(=O)O)NC(=O)c1nn(C)cc1NC(=O)OCC1c2ccccc2-c2ccccc21. The van der Waals surface area contributed by atoms with Crippen LogP contribution in [0.1, 0.15) is 47.3 Å². The maximum Gasteiger partial charge on any atom is 0.411 e. The number of carbonyl (C=O) groups excluding carboxylic acids is 2. The molecular weight excluding hydrogens is 436 g/mol. The van der Waals surface area contributed by atoms with E-state index in [4.69, 9.17) is 9.84 Å². The van der Waals surface area contributed by atoms with Crippen LogP contribution in [0, 0.1) is 0 Å². The van der Waals surface area contributed by atoms with Crippen LogP contribution >= 0.6 is 0 Å². The molecule has 3 aromatic rings. The van der Waals surface area contributed by atoms with Crippen molar-refractivity contribution in [1.82, 2.24) is 15.1 Å². The van der Waals surface area contributed by atoms with Gasteiger partial charge in [-0.2, -0.15) is 5.10 Å².